The minimum Gasteiger partial charge on any atom is -0.339 e. The van der Waals surface area contributed by atoms with Crippen LogP contribution in [0.3, 0.4) is 0 Å². The van der Waals surface area contributed by atoms with Crippen LogP contribution in [0.25, 0.3) is 0 Å². The fraction of sp³-hybridized carbons (Fsp3) is 0.462. The second-order valence-corrected chi connectivity index (χ2v) is 5.12. The van der Waals surface area contributed by atoms with E-state index in [-0.39, 0.29) is 16.6 Å². The number of rotatable bonds is 5. The number of halogens is 1. The largest absolute Gasteiger partial charge is 0.339 e. The van der Waals surface area contributed by atoms with Gasteiger partial charge in [0.25, 0.3) is 11.6 Å². The Hall–Kier alpha value is -1.62. The van der Waals surface area contributed by atoms with E-state index in [1.165, 1.54) is 18.2 Å². The molecule has 1 aromatic carbocycles. The number of benzene rings is 1. The maximum absolute atomic E-state index is 12.3. The maximum atomic E-state index is 12.3. The van der Waals surface area contributed by atoms with Crippen molar-refractivity contribution in [2.75, 3.05) is 13.1 Å². The van der Waals surface area contributed by atoms with Crippen molar-refractivity contribution in [2.45, 2.75) is 19.8 Å². The summed E-state index contributed by atoms with van der Waals surface area (Å²) in [5.41, 5.74) is 0.0913. The topological polar surface area (TPSA) is 63.5 Å². The lowest BCUT2D eigenvalue weighted by Gasteiger charge is -2.20. The first-order valence-electron chi connectivity index (χ1n) is 6.26. The Morgan fingerprint density at radius 3 is 2.74 bits per heavy atom. The summed E-state index contributed by atoms with van der Waals surface area (Å²) in [6.07, 6.45) is 2.31. The van der Waals surface area contributed by atoms with Gasteiger partial charge in [-0.25, -0.2) is 0 Å². The summed E-state index contributed by atoms with van der Waals surface area (Å²) in [5.74, 6) is 0.417. The van der Waals surface area contributed by atoms with Gasteiger partial charge in [-0.15, -0.1) is 0 Å². The van der Waals surface area contributed by atoms with E-state index in [1.54, 1.807) is 4.90 Å². The number of nitrogens with zero attached hydrogens (tertiary/aromatic N) is 2. The second kappa shape index (κ2) is 5.57. The zero-order chi connectivity index (χ0) is 14.0. The average Bonchev–Trinajstić information content (AvgIpc) is 3.19. The van der Waals surface area contributed by atoms with Crippen molar-refractivity contribution in [3.63, 3.8) is 0 Å². The van der Waals surface area contributed by atoms with E-state index in [0.717, 1.165) is 19.4 Å². The predicted molar refractivity (Wildman–Crippen MR) is 72.4 cm³/mol. The fourth-order valence-electron chi connectivity index (χ4n) is 1.94. The zero-order valence-corrected chi connectivity index (χ0v) is 11.4. The third-order valence-electron chi connectivity index (χ3n) is 3.23. The van der Waals surface area contributed by atoms with Gasteiger partial charge in [0, 0.05) is 24.7 Å². The lowest BCUT2D eigenvalue weighted by Crippen LogP contribution is -2.32. The highest BCUT2D eigenvalue weighted by Crippen LogP contribution is 2.31. The van der Waals surface area contributed by atoms with Gasteiger partial charge in [-0.3, -0.25) is 14.9 Å². The van der Waals surface area contributed by atoms with Crippen molar-refractivity contribution in [3.05, 3.63) is 38.9 Å². The van der Waals surface area contributed by atoms with Crippen LogP contribution in [-0.4, -0.2) is 28.8 Å². The Morgan fingerprint density at radius 2 is 2.21 bits per heavy atom. The molecule has 0 saturated heterocycles. The first-order chi connectivity index (χ1) is 9.02. The monoisotopic (exact) mass is 282 g/mol. The lowest BCUT2D eigenvalue weighted by atomic mass is 10.1. The van der Waals surface area contributed by atoms with Gasteiger partial charge in [0.1, 0.15) is 5.02 Å². The summed E-state index contributed by atoms with van der Waals surface area (Å²) in [7, 11) is 0. The van der Waals surface area contributed by atoms with Crippen molar-refractivity contribution in [1.82, 2.24) is 4.90 Å². The first-order valence-corrected chi connectivity index (χ1v) is 6.64. The Labute approximate surface area is 116 Å². The third kappa shape index (κ3) is 3.23. The highest BCUT2D eigenvalue weighted by atomic mass is 35.5. The molecule has 1 amide bonds. The molecular formula is C13H15ClN2O3. The maximum Gasteiger partial charge on any atom is 0.288 e. The molecule has 0 bridgehead atoms. The molecule has 19 heavy (non-hydrogen) atoms. The quantitative estimate of drug-likeness (QED) is 0.616. The molecule has 0 radical (unpaired) electrons. The fourth-order valence-corrected chi connectivity index (χ4v) is 2.12. The van der Waals surface area contributed by atoms with Crippen molar-refractivity contribution >= 4 is 23.2 Å². The molecule has 1 aliphatic rings. The number of nitro benzene ring substituents is 1. The molecule has 1 aromatic rings. The third-order valence-corrected chi connectivity index (χ3v) is 3.55. The molecule has 1 fully saturated rings. The number of amides is 1. The van der Waals surface area contributed by atoms with E-state index < -0.39 is 4.92 Å². The molecule has 1 aliphatic carbocycles. The molecule has 5 nitrogen and oxygen atoms in total. The minimum atomic E-state index is -0.573. The molecule has 0 atom stereocenters. The summed E-state index contributed by atoms with van der Waals surface area (Å²) in [6.45, 7) is 3.24. The Kier molecular flexibility index (Phi) is 4.04. The molecular weight excluding hydrogens is 268 g/mol. The molecule has 0 aliphatic heterocycles. The molecule has 2 rings (SSSR count). The van der Waals surface area contributed by atoms with E-state index >= 15 is 0 Å². The lowest BCUT2D eigenvalue weighted by molar-refractivity contribution is -0.384. The molecule has 0 aromatic heterocycles. The smallest absolute Gasteiger partial charge is 0.288 e. The van der Waals surface area contributed by atoms with Crippen LogP contribution < -0.4 is 0 Å². The van der Waals surface area contributed by atoms with Crippen LogP contribution in [0.5, 0.6) is 0 Å². The van der Waals surface area contributed by atoms with E-state index in [1.807, 2.05) is 6.92 Å². The van der Waals surface area contributed by atoms with Crippen molar-refractivity contribution < 1.29 is 9.72 Å². The summed E-state index contributed by atoms with van der Waals surface area (Å²) in [4.78, 5) is 24.3. The van der Waals surface area contributed by atoms with Gasteiger partial charge < -0.3 is 4.90 Å². The number of carbonyl (C=O) groups is 1. The van der Waals surface area contributed by atoms with Crippen LogP contribution in [0.4, 0.5) is 5.69 Å². The van der Waals surface area contributed by atoms with E-state index in [0.29, 0.717) is 18.0 Å². The standard InChI is InChI=1S/C13H15ClN2O3/c1-2-15(8-9-3-4-9)13(17)10-5-6-11(14)12(7-10)16(18)19/h5-7,9H,2-4,8H2,1H3. The molecule has 102 valence electrons. The number of hydrogen-bond acceptors (Lipinski definition) is 3. The van der Waals surface area contributed by atoms with Gasteiger partial charge in [-0.1, -0.05) is 11.6 Å². The summed E-state index contributed by atoms with van der Waals surface area (Å²) < 4.78 is 0. The second-order valence-electron chi connectivity index (χ2n) is 4.71. The van der Waals surface area contributed by atoms with E-state index in [9.17, 15) is 14.9 Å². The number of nitro groups is 1. The minimum absolute atomic E-state index is 0.0480. The van der Waals surface area contributed by atoms with Gasteiger partial charge in [0.15, 0.2) is 0 Å². The normalized spacial score (nSPS) is 14.2. The highest BCUT2D eigenvalue weighted by molar-refractivity contribution is 6.32. The van der Waals surface area contributed by atoms with E-state index in [4.69, 9.17) is 11.6 Å². The van der Waals surface area contributed by atoms with Gasteiger partial charge >= 0.3 is 0 Å². The van der Waals surface area contributed by atoms with Gasteiger partial charge in [-0.2, -0.15) is 0 Å². The van der Waals surface area contributed by atoms with Crippen LogP contribution in [-0.2, 0) is 0 Å². The summed E-state index contributed by atoms with van der Waals surface area (Å²) >= 11 is 5.74. The van der Waals surface area contributed by atoms with Gasteiger partial charge in [0.05, 0.1) is 4.92 Å². The van der Waals surface area contributed by atoms with Gasteiger partial charge in [0.2, 0.25) is 0 Å². The molecule has 1 saturated carbocycles. The SMILES string of the molecule is CCN(CC1CC1)C(=O)c1ccc(Cl)c([N+](=O)[O-])c1. The van der Waals surface area contributed by atoms with Crippen LogP contribution in [0.2, 0.25) is 5.02 Å². The summed E-state index contributed by atoms with van der Waals surface area (Å²) in [6, 6.07) is 4.19. The molecule has 0 unspecified atom stereocenters. The van der Waals surface area contributed by atoms with Crippen molar-refractivity contribution in [2.24, 2.45) is 5.92 Å². The molecule has 0 N–H and O–H groups in total. The average molecular weight is 283 g/mol. The predicted octanol–water partition coefficient (Wildman–Crippen LogP) is 3.12. The molecule has 0 heterocycles. The number of carbonyl (C=O) groups excluding carboxylic acids is 1. The molecule has 6 heteroatoms. The van der Waals surface area contributed by atoms with E-state index in [2.05, 4.69) is 0 Å². The zero-order valence-electron chi connectivity index (χ0n) is 10.6. The number of hydrogen-bond donors (Lipinski definition) is 0. The summed E-state index contributed by atoms with van der Waals surface area (Å²) in [5, 5.41) is 10.9. The highest BCUT2D eigenvalue weighted by Gasteiger charge is 2.27. The van der Waals surface area contributed by atoms with Gasteiger partial charge in [-0.05, 0) is 37.8 Å². The Morgan fingerprint density at radius 1 is 1.53 bits per heavy atom. The Bertz CT molecular complexity index is 515. The van der Waals surface area contributed by atoms with Crippen LogP contribution >= 0.6 is 11.6 Å². The van der Waals surface area contributed by atoms with Crippen molar-refractivity contribution in [3.8, 4) is 0 Å². The first kappa shape index (κ1) is 13.8. The Balaban J connectivity index is 2.21. The van der Waals surface area contributed by atoms with Crippen LogP contribution in [0.1, 0.15) is 30.1 Å². The molecule has 0 spiro atoms. The van der Waals surface area contributed by atoms with Crippen LogP contribution in [0.15, 0.2) is 18.2 Å². The van der Waals surface area contributed by atoms with Crippen LogP contribution in [0, 0.1) is 16.0 Å². The van der Waals surface area contributed by atoms with Crippen molar-refractivity contribution in [1.29, 1.82) is 0 Å².